The van der Waals surface area contributed by atoms with Crippen LogP contribution in [0.15, 0.2) is 0 Å². The minimum Gasteiger partial charge on any atom is -0.373 e. The largest absolute Gasteiger partial charge is 0.373 e. The van der Waals surface area contributed by atoms with Crippen LogP contribution in [0.3, 0.4) is 0 Å². The standard InChI is InChI=1S/C15H21N3O/c1-2-9(1)15-17-11-8-16-6-5-12(11)18(15)13-7-10-3-4-14(13)19-10/h9-10,13-14,16H,1-8H2. The number of imidazole rings is 1. The number of nitrogens with zero attached hydrogens (tertiary/aromatic N) is 2. The fourth-order valence-electron chi connectivity index (χ4n) is 4.24. The molecule has 2 saturated heterocycles. The molecule has 0 aromatic carbocycles. The van der Waals surface area contributed by atoms with Crippen LogP contribution >= 0.6 is 0 Å². The molecule has 4 heterocycles. The van der Waals surface area contributed by atoms with E-state index in [4.69, 9.17) is 9.72 Å². The molecule has 3 aliphatic heterocycles. The summed E-state index contributed by atoms with van der Waals surface area (Å²) in [4.78, 5) is 4.99. The maximum Gasteiger partial charge on any atom is 0.112 e. The third-order valence-electron chi connectivity index (χ3n) is 5.30. The molecule has 1 aromatic rings. The Hall–Kier alpha value is -0.870. The molecule has 2 bridgehead atoms. The normalized spacial score (nSPS) is 36.7. The number of aromatic nitrogens is 2. The lowest BCUT2D eigenvalue weighted by Gasteiger charge is -2.26. The molecule has 19 heavy (non-hydrogen) atoms. The topological polar surface area (TPSA) is 39.1 Å². The van der Waals surface area contributed by atoms with Gasteiger partial charge in [0.2, 0.25) is 0 Å². The van der Waals surface area contributed by atoms with Crippen molar-refractivity contribution >= 4 is 0 Å². The van der Waals surface area contributed by atoms with E-state index >= 15 is 0 Å². The molecule has 4 nitrogen and oxygen atoms in total. The first-order valence-electron chi connectivity index (χ1n) is 7.86. The maximum absolute atomic E-state index is 6.09. The highest BCUT2D eigenvalue weighted by molar-refractivity contribution is 5.26. The van der Waals surface area contributed by atoms with Gasteiger partial charge in [-0.25, -0.2) is 4.98 Å². The lowest BCUT2D eigenvalue weighted by Crippen LogP contribution is -2.29. The summed E-state index contributed by atoms with van der Waals surface area (Å²) in [6, 6.07) is 0.587. The van der Waals surface area contributed by atoms with Crippen LogP contribution in [0.1, 0.15) is 61.3 Å². The second-order valence-electron chi connectivity index (χ2n) is 6.61. The van der Waals surface area contributed by atoms with E-state index in [0.29, 0.717) is 18.2 Å². The summed E-state index contributed by atoms with van der Waals surface area (Å²) in [6.07, 6.45) is 8.57. The molecule has 1 aliphatic carbocycles. The van der Waals surface area contributed by atoms with Crippen LogP contribution < -0.4 is 5.32 Å². The third kappa shape index (κ3) is 1.56. The van der Waals surface area contributed by atoms with Gasteiger partial charge in [0.25, 0.3) is 0 Å². The molecule has 3 atom stereocenters. The minimum atomic E-state index is 0.468. The fraction of sp³-hybridized carbons (Fsp3) is 0.800. The van der Waals surface area contributed by atoms with E-state index in [1.165, 1.54) is 49.3 Å². The monoisotopic (exact) mass is 259 g/mol. The van der Waals surface area contributed by atoms with Crippen molar-refractivity contribution in [3.05, 3.63) is 17.2 Å². The summed E-state index contributed by atoms with van der Waals surface area (Å²) >= 11 is 0. The molecule has 4 aliphatic rings. The molecule has 3 unspecified atom stereocenters. The zero-order chi connectivity index (χ0) is 12.4. The summed E-state index contributed by atoms with van der Waals surface area (Å²) in [5, 5.41) is 3.46. The number of hydrogen-bond acceptors (Lipinski definition) is 3. The van der Waals surface area contributed by atoms with Crippen LogP contribution in [-0.4, -0.2) is 28.3 Å². The van der Waals surface area contributed by atoms with Gasteiger partial charge in [0.05, 0.1) is 23.9 Å². The second-order valence-corrected chi connectivity index (χ2v) is 6.61. The van der Waals surface area contributed by atoms with Gasteiger partial charge in [0, 0.05) is 31.1 Å². The predicted molar refractivity (Wildman–Crippen MR) is 71.2 cm³/mol. The van der Waals surface area contributed by atoms with Crippen LogP contribution in [0.2, 0.25) is 0 Å². The Morgan fingerprint density at radius 2 is 2.16 bits per heavy atom. The van der Waals surface area contributed by atoms with E-state index in [9.17, 15) is 0 Å². The Bertz CT molecular complexity index is 520. The summed E-state index contributed by atoms with van der Waals surface area (Å²) in [5.74, 6) is 2.12. The Balaban J connectivity index is 1.61. The van der Waals surface area contributed by atoms with Crippen LogP contribution in [0.5, 0.6) is 0 Å². The van der Waals surface area contributed by atoms with Crippen molar-refractivity contribution in [2.24, 2.45) is 0 Å². The average molecular weight is 259 g/mol. The second kappa shape index (κ2) is 3.83. The zero-order valence-corrected chi connectivity index (χ0v) is 11.3. The smallest absolute Gasteiger partial charge is 0.112 e. The van der Waals surface area contributed by atoms with E-state index in [1.807, 2.05) is 0 Å². The highest BCUT2D eigenvalue weighted by Gasteiger charge is 2.45. The average Bonchev–Trinajstić information content (AvgIpc) is 2.92. The van der Waals surface area contributed by atoms with Crippen molar-refractivity contribution in [2.45, 2.75) is 69.2 Å². The quantitative estimate of drug-likeness (QED) is 0.881. The lowest BCUT2D eigenvalue weighted by atomic mass is 9.94. The first kappa shape index (κ1) is 10.9. The van der Waals surface area contributed by atoms with Gasteiger partial charge in [0.15, 0.2) is 0 Å². The molecule has 1 aromatic heterocycles. The molecule has 1 N–H and O–H groups in total. The van der Waals surface area contributed by atoms with Gasteiger partial charge in [-0.3, -0.25) is 0 Å². The van der Waals surface area contributed by atoms with Gasteiger partial charge >= 0.3 is 0 Å². The molecular weight excluding hydrogens is 238 g/mol. The first-order valence-corrected chi connectivity index (χ1v) is 7.86. The van der Waals surface area contributed by atoms with Crippen LogP contribution in [-0.2, 0) is 17.7 Å². The van der Waals surface area contributed by atoms with Crippen molar-refractivity contribution in [1.29, 1.82) is 0 Å². The van der Waals surface area contributed by atoms with Crippen LogP contribution in [0.25, 0.3) is 0 Å². The summed E-state index contributed by atoms with van der Waals surface area (Å²) in [5.41, 5.74) is 2.83. The van der Waals surface area contributed by atoms with Crippen LogP contribution in [0.4, 0.5) is 0 Å². The number of fused-ring (bicyclic) bond motifs is 3. The first-order chi connectivity index (χ1) is 9.40. The zero-order valence-electron chi connectivity index (χ0n) is 11.3. The molecule has 102 valence electrons. The van der Waals surface area contributed by atoms with E-state index in [2.05, 4.69) is 9.88 Å². The van der Waals surface area contributed by atoms with E-state index in [0.717, 1.165) is 25.4 Å². The molecule has 0 radical (unpaired) electrons. The summed E-state index contributed by atoms with van der Waals surface area (Å²) in [6.45, 7) is 2.06. The molecular formula is C15H21N3O. The van der Waals surface area contributed by atoms with Crippen molar-refractivity contribution in [3.8, 4) is 0 Å². The Labute approximate surface area is 113 Å². The summed E-state index contributed by atoms with van der Waals surface area (Å²) < 4.78 is 8.71. The molecule has 3 fully saturated rings. The maximum atomic E-state index is 6.09. The number of ether oxygens (including phenoxy) is 1. The number of nitrogens with one attached hydrogen (secondary N) is 1. The lowest BCUT2D eigenvalue weighted by molar-refractivity contribution is 0.0930. The van der Waals surface area contributed by atoms with Crippen molar-refractivity contribution < 1.29 is 4.74 Å². The van der Waals surface area contributed by atoms with E-state index in [1.54, 1.807) is 0 Å². The predicted octanol–water partition coefficient (Wildman–Crippen LogP) is 1.90. The van der Waals surface area contributed by atoms with Gasteiger partial charge in [0.1, 0.15) is 5.82 Å². The summed E-state index contributed by atoms with van der Waals surface area (Å²) in [7, 11) is 0. The van der Waals surface area contributed by atoms with Gasteiger partial charge in [-0.15, -0.1) is 0 Å². The third-order valence-corrected chi connectivity index (χ3v) is 5.30. The Kier molecular flexibility index (Phi) is 2.19. The fourth-order valence-corrected chi connectivity index (χ4v) is 4.24. The van der Waals surface area contributed by atoms with E-state index in [-0.39, 0.29) is 0 Å². The minimum absolute atomic E-state index is 0.468. The molecule has 0 spiro atoms. The highest BCUT2D eigenvalue weighted by atomic mass is 16.5. The molecule has 0 amide bonds. The Morgan fingerprint density at radius 3 is 2.89 bits per heavy atom. The Morgan fingerprint density at radius 1 is 1.21 bits per heavy atom. The number of hydrogen-bond donors (Lipinski definition) is 1. The van der Waals surface area contributed by atoms with Gasteiger partial charge in [-0.2, -0.15) is 0 Å². The molecule has 4 heteroatoms. The highest BCUT2D eigenvalue weighted by Crippen LogP contribution is 2.47. The van der Waals surface area contributed by atoms with Crippen molar-refractivity contribution in [3.63, 3.8) is 0 Å². The van der Waals surface area contributed by atoms with Gasteiger partial charge < -0.3 is 14.6 Å². The van der Waals surface area contributed by atoms with Gasteiger partial charge in [-0.05, 0) is 32.1 Å². The van der Waals surface area contributed by atoms with Gasteiger partial charge in [-0.1, -0.05) is 0 Å². The SMILES string of the molecule is C1Cc2c(nc(C3CC3)n2C2CC3CCC2O3)CN1. The van der Waals surface area contributed by atoms with Crippen molar-refractivity contribution in [2.75, 3.05) is 6.54 Å². The van der Waals surface area contributed by atoms with E-state index < -0.39 is 0 Å². The molecule has 1 saturated carbocycles. The van der Waals surface area contributed by atoms with Crippen molar-refractivity contribution in [1.82, 2.24) is 14.9 Å². The molecule has 5 rings (SSSR count). The van der Waals surface area contributed by atoms with Crippen LogP contribution in [0, 0.1) is 0 Å². The number of rotatable bonds is 2.